The Morgan fingerprint density at radius 2 is 1.61 bits per heavy atom. The van der Waals surface area contributed by atoms with Crippen LogP contribution in [-0.4, -0.2) is 64.5 Å². The molecule has 0 unspecified atom stereocenters. The highest BCUT2D eigenvalue weighted by Crippen LogP contribution is 2.30. The molecule has 3 heterocycles. The first-order chi connectivity index (χ1) is 17.2. The third-order valence-corrected chi connectivity index (χ3v) is 8.41. The molecule has 1 fully saturated rings. The van der Waals surface area contributed by atoms with E-state index in [0.717, 1.165) is 27.8 Å². The molecule has 0 atom stereocenters. The standard InChI is InChI=1S/C26H26FN5O3S/c1-18-3-9-22(10-4-18)36(34,35)31-15-13-30(14-16-31)24(33)17-32-26-25(19(2)29-32)23(11-12-28-26)20-5-7-21(27)8-6-20/h3-12H,13-17H2,1-2H3. The van der Waals surface area contributed by atoms with Crippen LogP contribution in [0.25, 0.3) is 22.2 Å². The van der Waals surface area contributed by atoms with Crippen molar-refractivity contribution in [2.45, 2.75) is 25.3 Å². The average Bonchev–Trinajstić information content (AvgIpc) is 3.20. The Labute approximate surface area is 209 Å². The zero-order valence-electron chi connectivity index (χ0n) is 20.1. The number of benzene rings is 2. The summed E-state index contributed by atoms with van der Waals surface area (Å²) in [6.45, 7) is 4.82. The summed E-state index contributed by atoms with van der Waals surface area (Å²) in [4.78, 5) is 19.5. The lowest BCUT2D eigenvalue weighted by atomic mass is 10.0. The first-order valence-corrected chi connectivity index (χ1v) is 13.1. The third-order valence-electron chi connectivity index (χ3n) is 6.50. The van der Waals surface area contributed by atoms with E-state index in [1.807, 2.05) is 19.9 Å². The van der Waals surface area contributed by atoms with Crippen molar-refractivity contribution >= 4 is 27.0 Å². The summed E-state index contributed by atoms with van der Waals surface area (Å²) in [5.41, 5.74) is 3.99. The molecule has 0 N–H and O–H groups in total. The molecular formula is C26H26FN5O3S. The van der Waals surface area contributed by atoms with Gasteiger partial charge in [-0.3, -0.25) is 4.79 Å². The molecule has 1 saturated heterocycles. The predicted octanol–water partition coefficient (Wildman–Crippen LogP) is 3.39. The minimum absolute atomic E-state index is 0.00504. The van der Waals surface area contributed by atoms with Gasteiger partial charge in [0.15, 0.2) is 5.65 Å². The second kappa shape index (κ2) is 9.44. The number of pyridine rings is 1. The summed E-state index contributed by atoms with van der Waals surface area (Å²) in [5, 5.41) is 5.37. The van der Waals surface area contributed by atoms with Crippen molar-refractivity contribution in [2.24, 2.45) is 0 Å². The molecule has 1 aliphatic rings. The van der Waals surface area contributed by atoms with Crippen molar-refractivity contribution in [3.8, 4) is 11.1 Å². The molecule has 8 nitrogen and oxygen atoms in total. The Hall–Kier alpha value is -3.63. The normalized spacial score (nSPS) is 14.9. The van der Waals surface area contributed by atoms with E-state index in [1.54, 1.807) is 52.2 Å². The number of halogens is 1. The topological polar surface area (TPSA) is 88.4 Å². The monoisotopic (exact) mass is 507 g/mol. The minimum Gasteiger partial charge on any atom is -0.338 e. The lowest BCUT2D eigenvalue weighted by Gasteiger charge is -2.34. The first-order valence-electron chi connectivity index (χ1n) is 11.7. The van der Waals surface area contributed by atoms with Crippen LogP contribution in [-0.2, 0) is 21.4 Å². The highest BCUT2D eigenvalue weighted by atomic mass is 32.2. The average molecular weight is 508 g/mol. The van der Waals surface area contributed by atoms with Gasteiger partial charge in [-0.2, -0.15) is 9.40 Å². The molecule has 186 valence electrons. The number of piperazine rings is 1. The van der Waals surface area contributed by atoms with E-state index in [-0.39, 0.29) is 36.3 Å². The number of carbonyl (C=O) groups is 1. The Morgan fingerprint density at radius 1 is 0.944 bits per heavy atom. The first kappa shape index (κ1) is 24.1. The Kier molecular flexibility index (Phi) is 6.31. The largest absolute Gasteiger partial charge is 0.338 e. The van der Waals surface area contributed by atoms with Gasteiger partial charge in [-0.05, 0) is 55.3 Å². The molecule has 10 heteroatoms. The van der Waals surface area contributed by atoms with Crippen LogP contribution >= 0.6 is 0 Å². The molecule has 4 aromatic rings. The summed E-state index contributed by atoms with van der Waals surface area (Å²) in [7, 11) is -3.60. The maximum Gasteiger partial charge on any atom is 0.244 e. The summed E-state index contributed by atoms with van der Waals surface area (Å²) in [6, 6.07) is 14.8. The van der Waals surface area contributed by atoms with Gasteiger partial charge >= 0.3 is 0 Å². The number of carbonyl (C=O) groups excluding carboxylic acids is 1. The third kappa shape index (κ3) is 4.49. The second-order valence-electron chi connectivity index (χ2n) is 8.90. The molecule has 0 saturated carbocycles. The maximum absolute atomic E-state index is 13.4. The number of nitrogens with zero attached hydrogens (tertiary/aromatic N) is 5. The number of rotatable bonds is 5. The molecule has 0 bridgehead atoms. The van der Waals surface area contributed by atoms with E-state index in [2.05, 4.69) is 10.1 Å². The fourth-order valence-corrected chi connectivity index (χ4v) is 5.95. The van der Waals surface area contributed by atoms with Gasteiger partial charge < -0.3 is 4.90 Å². The second-order valence-corrected chi connectivity index (χ2v) is 10.8. The van der Waals surface area contributed by atoms with Crippen LogP contribution < -0.4 is 0 Å². The Morgan fingerprint density at radius 3 is 2.28 bits per heavy atom. The minimum atomic E-state index is -3.60. The van der Waals surface area contributed by atoms with Crippen LogP contribution in [0.1, 0.15) is 11.3 Å². The SMILES string of the molecule is Cc1ccc(S(=O)(=O)N2CCN(C(=O)Cn3nc(C)c4c(-c5ccc(F)cc5)ccnc43)CC2)cc1. The number of fused-ring (bicyclic) bond motifs is 1. The summed E-state index contributed by atoms with van der Waals surface area (Å²) in [5.74, 6) is -0.463. The van der Waals surface area contributed by atoms with Crippen LogP contribution in [0.2, 0.25) is 0 Å². The van der Waals surface area contributed by atoms with Crippen molar-refractivity contribution < 1.29 is 17.6 Å². The van der Waals surface area contributed by atoms with Crippen molar-refractivity contribution in [3.05, 3.63) is 77.9 Å². The Bertz CT molecular complexity index is 1520. The van der Waals surface area contributed by atoms with E-state index in [0.29, 0.717) is 18.7 Å². The quantitative estimate of drug-likeness (QED) is 0.413. The zero-order chi connectivity index (χ0) is 25.4. The van der Waals surface area contributed by atoms with Crippen LogP contribution in [0.3, 0.4) is 0 Å². The molecule has 0 spiro atoms. The van der Waals surface area contributed by atoms with Gasteiger partial charge in [-0.15, -0.1) is 0 Å². The van der Waals surface area contributed by atoms with Gasteiger partial charge in [0.1, 0.15) is 12.4 Å². The molecule has 1 amide bonds. The van der Waals surface area contributed by atoms with Crippen molar-refractivity contribution in [2.75, 3.05) is 26.2 Å². The number of sulfonamides is 1. The van der Waals surface area contributed by atoms with Crippen LogP contribution in [0.5, 0.6) is 0 Å². The number of hydrogen-bond acceptors (Lipinski definition) is 5. The van der Waals surface area contributed by atoms with E-state index >= 15 is 0 Å². The van der Waals surface area contributed by atoms with E-state index in [9.17, 15) is 17.6 Å². The summed E-state index contributed by atoms with van der Waals surface area (Å²) >= 11 is 0. The highest BCUT2D eigenvalue weighted by Gasteiger charge is 2.30. The molecule has 36 heavy (non-hydrogen) atoms. The smallest absolute Gasteiger partial charge is 0.244 e. The van der Waals surface area contributed by atoms with Crippen molar-refractivity contribution in [1.29, 1.82) is 0 Å². The van der Waals surface area contributed by atoms with E-state index < -0.39 is 10.0 Å². The Balaban J connectivity index is 1.31. The van der Waals surface area contributed by atoms with Gasteiger partial charge in [0.2, 0.25) is 15.9 Å². The van der Waals surface area contributed by atoms with Gasteiger partial charge in [0.05, 0.1) is 10.6 Å². The van der Waals surface area contributed by atoms with E-state index in [4.69, 9.17) is 0 Å². The lowest BCUT2D eigenvalue weighted by Crippen LogP contribution is -2.51. The number of aromatic nitrogens is 3. The fraction of sp³-hybridized carbons (Fsp3) is 0.269. The predicted molar refractivity (Wildman–Crippen MR) is 134 cm³/mol. The number of amides is 1. The van der Waals surface area contributed by atoms with Gasteiger partial charge in [-0.25, -0.2) is 22.5 Å². The van der Waals surface area contributed by atoms with Gasteiger partial charge in [-0.1, -0.05) is 29.8 Å². The van der Waals surface area contributed by atoms with Crippen LogP contribution in [0, 0.1) is 19.7 Å². The summed E-state index contributed by atoms with van der Waals surface area (Å²) in [6.07, 6.45) is 1.65. The maximum atomic E-state index is 13.4. The summed E-state index contributed by atoms with van der Waals surface area (Å²) < 4.78 is 42.3. The van der Waals surface area contributed by atoms with E-state index in [1.165, 1.54) is 16.4 Å². The van der Waals surface area contributed by atoms with Gasteiger partial charge in [0.25, 0.3) is 0 Å². The van der Waals surface area contributed by atoms with Crippen molar-refractivity contribution in [3.63, 3.8) is 0 Å². The van der Waals surface area contributed by atoms with Gasteiger partial charge in [0, 0.05) is 37.8 Å². The number of hydrogen-bond donors (Lipinski definition) is 0. The molecule has 0 aliphatic carbocycles. The molecule has 2 aromatic heterocycles. The molecule has 5 rings (SSSR count). The highest BCUT2D eigenvalue weighted by molar-refractivity contribution is 7.89. The fourth-order valence-electron chi connectivity index (χ4n) is 4.53. The lowest BCUT2D eigenvalue weighted by molar-refractivity contribution is -0.133. The number of aryl methyl sites for hydroxylation is 2. The van der Waals surface area contributed by atoms with Crippen molar-refractivity contribution in [1.82, 2.24) is 24.0 Å². The van der Waals surface area contributed by atoms with Crippen LogP contribution in [0.4, 0.5) is 4.39 Å². The molecule has 2 aromatic carbocycles. The molecular weight excluding hydrogens is 481 g/mol. The van der Waals surface area contributed by atoms with Crippen LogP contribution in [0.15, 0.2) is 65.7 Å². The molecule has 1 aliphatic heterocycles. The molecule has 0 radical (unpaired) electrons. The zero-order valence-corrected chi connectivity index (χ0v) is 20.9.